The number of benzene rings is 1. The van der Waals surface area contributed by atoms with E-state index in [1.165, 1.54) is 24.0 Å². The minimum absolute atomic E-state index is 0.0517. The van der Waals surface area contributed by atoms with Gasteiger partial charge in [-0.2, -0.15) is 0 Å². The summed E-state index contributed by atoms with van der Waals surface area (Å²) in [6, 6.07) is 12.5. The maximum Gasteiger partial charge on any atom is 0.228 e. The lowest BCUT2D eigenvalue weighted by atomic mass is 9.96. The Morgan fingerprint density at radius 2 is 2.00 bits per heavy atom. The summed E-state index contributed by atoms with van der Waals surface area (Å²) in [5.41, 5.74) is 4.65. The standard InChI is InChI=1S/C22H27N3O/c1-16-4-2-12-23-21(16)15-25-13-3-5-19(14-25)22(26)24-20-10-8-18(9-11-20)17-6-7-17/h2,4,8-12,17,19H,3,5-7,13-15H2,1H3,(H,24,26)/t19-/m1/s1. The summed E-state index contributed by atoms with van der Waals surface area (Å²) in [6.45, 7) is 4.77. The highest BCUT2D eigenvalue weighted by Gasteiger charge is 2.27. The van der Waals surface area contributed by atoms with Gasteiger partial charge in [-0.05, 0) is 74.4 Å². The van der Waals surface area contributed by atoms with Crippen LogP contribution in [0.25, 0.3) is 0 Å². The van der Waals surface area contributed by atoms with E-state index in [9.17, 15) is 4.79 Å². The molecular weight excluding hydrogens is 322 g/mol. The largest absolute Gasteiger partial charge is 0.326 e. The van der Waals surface area contributed by atoms with E-state index < -0.39 is 0 Å². The predicted molar refractivity (Wildman–Crippen MR) is 104 cm³/mol. The normalized spacial score (nSPS) is 20.7. The van der Waals surface area contributed by atoms with E-state index >= 15 is 0 Å². The van der Waals surface area contributed by atoms with E-state index in [0.29, 0.717) is 0 Å². The lowest BCUT2D eigenvalue weighted by Crippen LogP contribution is -2.40. The first-order chi connectivity index (χ1) is 12.7. The number of amides is 1. The molecule has 1 saturated carbocycles. The van der Waals surface area contributed by atoms with Crippen molar-refractivity contribution >= 4 is 11.6 Å². The van der Waals surface area contributed by atoms with Gasteiger partial charge in [-0.3, -0.25) is 14.7 Å². The van der Waals surface area contributed by atoms with Gasteiger partial charge in [0, 0.05) is 25.0 Å². The zero-order valence-electron chi connectivity index (χ0n) is 15.4. The molecule has 4 nitrogen and oxygen atoms in total. The van der Waals surface area contributed by atoms with E-state index in [2.05, 4.69) is 40.3 Å². The van der Waals surface area contributed by atoms with Crippen LogP contribution in [-0.4, -0.2) is 28.9 Å². The summed E-state index contributed by atoms with van der Waals surface area (Å²) in [7, 11) is 0. The average Bonchev–Trinajstić information content (AvgIpc) is 3.50. The molecule has 0 bridgehead atoms. The molecule has 2 heterocycles. The van der Waals surface area contributed by atoms with Crippen molar-refractivity contribution in [3.05, 3.63) is 59.4 Å². The molecule has 2 aromatic rings. The van der Waals surface area contributed by atoms with Crippen molar-refractivity contribution in [2.45, 2.75) is 45.1 Å². The summed E-state index contributed by atoms with van der Waals surface area (Å²) < 4.78 is 0. The van der Waals surface area contributed by atoms with E-state index in [0.717, 1.165) is 49.8 Å². The number of piperidine rings is 1. The number of anilines is 1. The second-order valence-electron chi connectivity index (χ2n) is 7.73. The molecule has 1 amide bonds. The van der Waals surface area contributed by atoms with Gasteiger partial charge in [-0.15, -0.1) is 0 Å². The molecule has 26 heavy (non-hydrogen) atoms. The second kappa shape index (κ2) is 7.58. The van der Waals surface area contributed by atoms with Gasteiger partial charge in [0.2, 0.25) is 5.91 Å². The van der Waals surface area contributed by atoms with Crippen LogP contribution in [0, 0.1) is 12.8 Å². The first kappa shape index (κ1) is 17.2. The molecule has 4 rings (SSSR count). The number of aryl methyl sites for hydroxylation is 1. The van der Waals surface area contributed by atoms with E-state index in [1.54, 1.807) is 0 Å². The van der Waals surface area contributed by atoms with Gasteiger partial charge in [-0.25, -0.2) is 0 Å². The Morgan fingerprint density at radius 3 is 2.73 bits per heavy atom. The van der Waals surface area contributed by atoms with Crippen LogP contribution in [0.3, 0.4) is 0 Å². The zero-order valence-corrected chi connectivity index (χ0v) is 15.4. The first-order valence-electron chi connectivity index (χ1n) is 9.73. The molecule has 1 N–H and O–H groups in total. The number of rotatable bonds is 5. The van der Waals surface area contributed by atoms with Crippen molar-refractivity contribution in [1.82, 2.24) is 9.88 Å². The number of hydrogen-bond donors (Lipinski definition) is 1. The van der Waals surface area contributed by atoms with Crippen LogP contribution >= 0.6 is 0 Å². The van der Waals surface area contributed by atoms with Gasteiger partial charge in [0.25, 0.3) is 0 Å². The van der Waals surface area contributed by atoms with Crippen molar-refractivity contribution in [2.24, 2.45) is 5.92 Å². The Morgan fingerprint density at radius 1 is 1.19 bits per heavy atom. The van der Waals surface area contributed by atoms with Gasteiger partial charge >= 0.3 is 0 Å². The van der Waals surface area contributed by atoms with E-state index in [1.807, 2.05) is 24.4 Å². The molecule has 1 aliphatic carbocycles. The number of aromatic nitrogens is 1. The van der Waals surface area contributed by atoms with Crippen molar-refractivity contribution in [2.75, 3.05) is 18.4 Å². The van der Waals surface area contributed by atoms with Gasteiger partial charge < -0.3 is 5.32 Å². The highest BCUT2D eigenvalue weighted by Crippen LogP contribution is 2.40. The van der Waals surface area contributed by atoms with Gasteiger partial charge in [0.05, 0.1) is 11.6 Å². The molecule has 136 valence electrons. The fourth-order valence-corrected chi connectivity index (χ4v) is 3.81. The number of pyridine rings is 1. The van der Waals surface area contributed by atoms with Crippen LogP contribution < -0.4 is 5.32 Å². The lowest BCUT2D eigenvalue weighted by molar-refractivity contribution is -0.121. The Labute approximate surface area is 155 Å². The van der Waals surface area contributed by atoms with Crippen LogP contribution in [-0.2, 0) is 11.3 Å². The summed E-state index contributed by atoms with van der Waals surface area (Å²) in [5, 5.41) is 3.11. The van der Waals surface area contributed by atoms with Crippen molar-refractivity contribution in [3.63, 3.8) is 0 Å². The van der Waals surface area contributed by atoms with Crippen molar-refractivity contribution < 1.29 is 4.79 Å². The highest BCUT2D eigenvalue weighted by molar-refractivity contribution is 5.92. The molecule has 0 spiro atoms. The number of carbonyl (C=O) groups excluding carboxylic acids is 1. The Balaban J connectivity index is 1.34. The third kappa shape index (κ3) is 4.13. The van der Waals surface area contributed by atoms with E-state index in [4.69, 9.17) is 0 Å². The summed E-state index contributed by atoms with van der Waals surface area (Å²) in [6.07, 6.45) is 6.48. The van der Waals surface area contributed by atoms with Gasteiger partial charge in [-0.1, -0.05) is 18.2 Å². The Hall–Kier alpha value is -2.20. The monoisotopic (exact) mass is 349 g/mol. The maximum atomic E-state index is 12.7. The molecule has 0 radical (unpaired) electrons. The van der Waals surface area contributed by atoms with Crippen LogP contribution in [0.5, 0.6) is 0 Å². The average molecular weight is 349 g/mol. The van der Waals surface area contributed by atoms with Crippen molar-refractivity contribution in [1.29, 1.82) is 0 Å². The molecule has 1 aliphatic heterocycles. The maximum absolute atomic E-state index is 12.7. The number of nitrogens with one attached hydrogen (secondary N) is 1. The highest BCUT2D eigenvalue weighted by atomic mass is 16.1. The Bertz CT molecular complexity index is 767. The molecule has 2 aliphatic rings. The summed E-state index contributed by atoms with van der Waals surface area (Å²) in [5.74, 6) is 0.948. The minimum Gasteiger partial charge on any atom is -0.326 e. The second-order valence-corrected chi connectivity index (χ2v) is 7.73. The fraction of sp³-hybridized carbons (Fsp3) is 0.455. The Kier molecular flexibility index (Phi) is 5.02. The number of carbonyl (C=O) groups is 1. The summed E-state index contributed by atoms with van der Waals surface area (Å²) in [4.78, 5) is 19.6. The quantitative estimate of drug-likeness (QED) is 0.883. The number of hydrogen-bond acceptors (Lipinski definition) is 3. The molecule has 1 aromatic carbocycles. The van der Waals surface area contributed by atoms with Crippen LogP contribution in [0.4, 0.5) is 5.69 Å². The van der Waals surface area contributed by atoms with Gasteiger partial charge in [0.15, 0.2) is 0 Å². The first-order valence-corrected chi connectivity index (χ1v) is 9.73. The fourth-order valence-electron chi connectivity index (χ4n) is 3.81. The molecule has 1 saturated heterocycles. The number of nitrogens with zero attached hydrogens (tertiary/aromatic N) is 2. The molecule has 0 unspecified atom stereocenters. The van der Waals surface area contributed by atoms with E-state index in [-0.39, 0.29) is 11.8 Å². The molecule has 2 fully saturated rings. The molecular formula is C22H27N3O. The molecule has 4 heteroatoms. The minimum atomic E-state index is 0.0517. The predicted octanol–water partition coefficient (Wildman–Crippen LogP) is 4.12. The van der Waals surface area contributed by atoms with Crippen LogP contribution in [0.15, 0.2) is 42.6 Å². The molecule has 1 atom stereocenters. The lowest BCUT2D eigenvalue weighted by Gasteiger charge is -2.32. The topological polar surface area (TPSA) is 45.2 Å². The van der Waals surface area contributed by atoms with Crippen molar-refractivity contribution in [3.8, 4) is 0 Å². The summed E-state index contributed by atoms with van der Waals surface area (Å²) >= 11 is 0. The van der Waals surface area contributed by atoms with Crippen LogP contribution in [0.2, 0.25) is 0 Å². The smallest absolute Gasteiger partial charge is 0.228 e. The zero-order chi connectivity index (χ0) is 17.9. The number of likely N-dealkylation sites (tertiary alicyclic amines) is 1. The third-order valence-corrected chi connectivity index (χ3v) is 5.59. The van der Waals surface area contributed by atoms with Gasteiger partial charge in [0.1, 0.15) is 0 Å². The third-order valence-electron chi connectivity index (χ3n) is 5.59. The SMILES string of the molecule is Cc1cccnc1CN1CCC[C@@H](C(=O)Nc2ccc(C3CC3)cc2)C1. The molecule has 1 aromatic heterocycles. The van der Waals surface area contributed by atoms with Crippen LogP contribution in [0.1, 0.15) is 48.4 Å².